The summed E-state index contributed by atoms with van der Waals surface area (Å²) in [5, 5.41) is 2.53. The van der Waals surface area contributed by atoms with Crippen LogP contribution in [0.3, 0.4) is 0 Å². The molecule has 0 unspecified atom stereocenters. The van der Waals surface area contributed by atoms with Gasteiger partial charge in [0.25, 0.3) is 0 Å². The molecule has 0 aromatic heterocycles. The molecule has 12 heavy (non-hydrogen) atoms. The molecule has 0 spiro atoms. The van der Waals surface area contributed by atoms with Crippen LogP contribution in [0.1, 0.15) is 13.8 Å². The number of rotatable bonds is 5. The summed E-state index contributed by atoms with van der Waals surface area (Å²) in [6.07, 6.45) is 1.46. The molecule has 0 radical (unpaired) electrons. The smallest absolute Gasteiger partial charge is 0.377 e. The summed E-state index contributed by atoms with van der Waals surface area (Å²) in [5.41, 5.74) is 0. The van der Waals surface area contributed by atoms with Crippen molar-refractivity contribution in [3.63, 3.8) is 0 Å². The molecule has 1 amide bonds. The highest BCUT2D eigenvalue weighted by Crippen LogP contribution is 1.93. The van der Waals surface area contributed by atoms with Crippen LogP contribution in [-0.4, -0.2) is 31.6 Å². The molecule has 0 heterocycles. The number of hydrogen-bond acceptors (Lipinski definition) is 4. The Hall–Kier alpha value is -0.420. The molecule has 72 valence electrons. The van der Waals surface area contributed by atoms with Gasteiger partial charge in [0.2, 0.25) is 0 Å². The van der Waals surface area contributed by atoms with E-state index in [1.54, 1.807) is 6.26 Å². The molecule has 1 N–H and O–H groups in total. The fraction of sp³-hybridized carbons (Fsp3) is 0.857. The first-order chi connectivity index (χ1) is 5.66. The van der Waals surface area contributed by atoms with Crippen LogP contribution in [0.5, 0.6) is 0 Å². The third kappa shape index (κ3) is 7.68. The molecular weight excluding hydrogens is 178 g/mol. The van der Waals surface area contributed by atoms with E-state index in [2.05, 4.69) is 9.50 Å². The van der Waals surface area contributed by atoms with E-state index in [-0.39, 0.29) is 6.10 Å². The fourth-order valence-corrected chi connectivity index (χ4v) is 0.763. The van der Waals surface area contributed by atoms with Crippen molar-refractivity contribution < 1.29 is 13.7 Å². The minimum atomic E-state index is -0.421. The number of ether oxygens (including phenoxy) is 1. The highest BCUT2D eigenvalue weighted by atomic mass is 32.2. The summed E-state index contributed by atoms with van der Waals surface area (Å²) in [5.74, 6) is 0. The van der Waals surface area contributed by atoms with E-state index in [1.165, 1.54) is 0 Å². The molecule has 5 heteroatoms. The third-order valence-corrected chi connectivity index (χ3v) is 1.30. The molecule has 0 rings (SSSR count). The molecule has 0 aromatic carbocycles. The summed E-state index contributed by atoms with van der Waals surface area (Å²) in [6.45, 7) is 4.89. The quantitative estimate of drug-likeness (QED) is 0.530. The van der Waals surface area contributed by atoms with Gasteiger partial charge in [-0.1, -0.05) is 0 Å². The Balaban J connectivity index is 3.14. The van der Waals surface area contributed by atoms with Gasteiger partial charge in [0, 0.05) is 12.8 Å². The average Bonchev–Trinajstić information content (AvgIpc) is 1.98. The van der Waals surface area contributed by atoms with Gasteiger partial charge in [0.1, 0.15) is 0 Å². The van der Waals surface area contributed by atoms with Crippen molar-refractivity contribution >= 4 is 18.1 Å². The van der Waals surface area contributed by atoms with Crippen molar-refractivity contribution in [2.45, 2.75) is 20.0 Å². The van der Waals surface area contributed by atoms with Crippen LogP contribution in [0.15, 0.2) is 0 Å². The van der Waals surface area contributed by atoms with Crippen LogP contribution in [0.2, 0.25) is 0 Å². The van der Waals surface area contributed by atoms with Gasteiger partial charge in [0.15, 0.2) is 0 Å². The monoisotopic (exact) mass is 193 g/mol. The van der Waals surface area contributed by atoms with E-state index in [9.17, 15) is 4.79 Å². The van der Waals surface area contributed by atoms with Crippen molar-refractivity contribution in [1.29, 1.82) is 0 Å². The van der Waals surface area contributed by atoms with Crippen LogP contribution >= 0.6 is 12.0 Å². The molecule has 0 saturated heterocycles. The van der Waals surface area contributed by atoms with Crippen molar-refractivity contribution in [3.8, 4) is 0 Å². The summed E-state index contributed by atoms with van der Waals surface area (Å²) in [6, 6.07) is 0. The Morgan fingerprint density at radius 1 is 1.58 bits per heavy atom. The highest BCUT2D eigenvalue weighted by Gasteiger charge is 1.99. The summed E-state index contributed by atoms with van der Waals surface area (Å²) >= 11 is 1.02. The van der Waals surface area contributed by atoms with Crippen molar-refractivity contribution in [3.05, 3.63) is 0 Å². The lowest BCUT2D eigenvalue weighted by molar-refractivity contribution is 0.0808. The molecule has 0 fully saturated rings. The van der Waals surface area contributed by atoms with Gasteiger partial charge in [0.05, 0.1) is 24.8 Å². The van der Waals surface area contributed by atoms with Crippen molar-refractivity contribution in [1.82, 2.24) is 5.32 Å². The van der Waals surface area contributed by atoms with Crippen LogP contribution in [0.25, 0.3) is 0 Å². The predicted molar refractivity (Wildman–Crippen MR) is 49.1 cm³/mol. The second-order valence-electron chi connectivity index (χ2n) is 2.38. The molecule has 4 nitrogen and oxygen atoms in total. The van der Waals surface area contributed by atoms with Gasteiger partial charge in [-0.25, -0.2) is 4.79 Å². The van der Waals surface area contributed by atoms with Crippen LogP contribution in [0.4, 0.5) is 4.79 Å². The number of nitrogens with one attached hydrogen (secondary N) is 1. The molecule has 0 aliphatic heterocycles. The largest absolute Gasteiger partial charge is 0.419 e. The number of hydrogen-bond donors (Lipinski definition) is 1. The Morgan fingerprint density at radius 3 is 2.75 bits per heavy atom. The molecule has 0 aliphatic rings. The zero-order chi connectivity index (χ0) is 9.40. The van der Waals surface area contributed by atoms with Gasteiger partial charge >= 0.3 is 6.09 Å². The van der Waals surface area contributed by atoms with Crippen LogP contribution in [-0.2, 0) is 8.92 Å². The standard InChI is InChI=1S/C7H15NO3S/c1-6(2)10-5-4-8-7(9)11-12-3/h6H,4-5H2,1-3H3,(H,8,9). The van der Waals surface area contributed by atoms with Gasteiger partial charge in [-0.15, -0.1) is 0 Å². The van der Waals surface area contributed by atoms with Crippen LogP contribution < -0.4 is 5.32 Å². The third-order valence-electron chi connectivity index (χ3n) is 0.982. The molecule has 0 aromatic rings. The SMILES string of the molecule is CSOC(=O)NCCOC(C)C. The lowest BCUT2D eigenvalue weighted by atomic mass is 10.5. The summed E-state index contributed by atoms with van der Waals surface area (Å²) in [4.78, 5) is 10.7. The first-order valence-corrected chi connectivity index (χ1v) is 4.92. The Kier molecular flexibility index (Phi) is 6.99. The second kappa shape index (κ2) is 7.24. The van der Waals surface area contributed by atoms with Gasteiger partial charge < -0.3 is 14.2 Å². The summed E-state index contributed by atoms with van der Waals surface area (Å²) in [7, 11) is 0. The first kappa shape index (κ1) is 11.6. The normalized spacial score (nSPS) is 10.0. The number of carbonyl (C=O) groups is 1. The lowest BCUT2D eigenvalue weighted by Gasteiger charge is -2.07. The number of carbonyl (C=O) groups excluding carboxylic acids is 1. The molecule has 0 saturated carbocycles. The van der Waals surface area contributed by atoms with Crippen LogP contribution in [0, 0.1) is 0 Å². The molecule has 0 aliphatic carbocycles. The van der Waals surface area contributed by atoms with E-state index >= 15 is 0 Å². The van der Waals surface area contributed by atoms with Gasteiger partial charge in [-0.05, 0) is 13.8 Å². The second-order valence-corrected chi connectivity index (χ2v) is 2.88. The average molecular weight is 193 g/mol. The van der Waals surface area contributed by atoms with E-state index in [1.807, 2.05) is 13.8 Å². The first-order valence-electron chi connectivity index (χ1n) is 3.77. The van der Waals surface area contributed by atoms with E-state index in [0.717, 1.165) is 12.0 Å². The van der Waals surface area contributed by atoms with Crippen molar-refractivity contribution in [2.24, 2.45) is 0 Å². The lowest BCUT2D eigenvalue weighted by Crippen LogP contribution is -2.27. The predicted octanol–water partition coefficient (Wildman–Crippen LogP) is 1.42. The minimum Gasteiger partial charge on any atom is -0.377 e. The maximum Gasteiger partial charge on any atom is 0.419 e. The van der Waals surface area contributed by atoms with Gasteiger partial charge in [-0.2, -0.15) is 0 Å². The Labute approximate surface area is 77.2 Å². The maximum absolute atomic E-state index is 10.7. The van der Waals surface area contributed by atoms with E-state index in [0.29, 0.717) is 13.2 Å². The Bertz CT molecular complexity index is 130. The maximum atomic E-state index is 10.7. The molecular formula is C7H15NO3S. The molecule has 0 bridgehead atoms. The van der Waals surface area contributed by atoms with Gasteiger partial charge in [-0.3, -0.25) is 0 Å². The highest BCUT2D eigenvalue weighted by molar-refractivity contribution is 7.94. The zero-order valence-corrected chi connectivity index (χ0v) is 8.44. The fourth-order valence-electron chi connectivity index (χ4n) is 0.553. The molecule has 0 atom stereocenters. The van der Waals surface area contributed by atoms with Crippen molar-refractivity contribution in [2.75, 3.05) is 19.4 Å². The zero-order valence-electron chi connectivity index (χ0n) is 7.62. The van der Waals surface area contributed by atoms with E-state index in [4.69, 9.17) is 4.74 Å². The Morgan fingerprint density at radius 2 is 2.25 bits per heavy atom. The summed E-state index contributed by atoms with van der Waals surface area (Å²) < 4.78 is 9.75. The topological polar surface area (TPSA) is 47.6 Å². The number of amides is 1. The van der Waals surface area contributed by atoms with E-state index < -0.39 is 6.09 Å². The minimum absolute atomic E-state index is 0.198.